The van der Waals surface area contributed by atoms with Crippen LogP contribution in [0.2, 0.25) is 0 Å². The Hall–Kier alpha value is -1.44. The minimum Gasteiger partial charge on any atom is -0.462 e. The molecule has 1 fully saturated rings. The van der Waals surface area contributed by atoms with Crippen LogP contribution in [0.5, 0.6) is 0 Å². The predicted molar refractivity (Wildman–Crippen MR) is 78.6 cm³/mol. The quantitative estimate of drug-likeness (QED) is 0.834. The number of carbonyl (C=O) groups is 1. The maximum absolute atomic E-state index is 12.5. The summed E-state index contributed by atoms with van der Waals surface area (Å²) in [5, 5.41) is 3.21. The number of nitrogens with zero attached hydrogens (tertiary/aromatic N) is 1. The first-order valence-electron chi connectivity index (χ1n) is 6.96. The van der Waals surface area contributed by atoms with Crippen LogP contribution in [0, 0.1) is 0 Å². The normalized spacial score (nSPS) is 20.2. The molecule has 0 aliphatic carbocycles. The van der Waals surface area contributed by atoms with Gasteiger partial charge in [-0.15, -0.1) is 0 Å². The molecule has 0 unspecified atom stereocenters. The lowest BCUT2D eigenvalue weighted by atomic mass is 10.2. The summed E-state index contributed by atoms with van der Waals surface area (Å²) in [6, 6.07) is 6.00. The fourth-order valence-electron chi connectivity index (χ4n) is 2.24. The zero-order chi connectivity index (χ0) is 15.5. The molecular weight excluding hydrogens is 292 g/mol. The monoisotopic (exact) mass is 312 g/mol. The lowest BCUT2D eigenvalue weighted by Gasteiger charge is -2.31. The van der Waals surface area contributed by atoms with Crippen molar-refractivity contribution in [1.29, 1.82) is 0 Å². The SMILES string of the molecule is CCOC(=O)c1ccc(S(=O)(=O)N2CCN[C@H](C)C2)cc1. The van der Waals surface area contributed by atoms with Crippen LogP contribution in [0.3, 0.4) is 0 Å². The molecule has 1 aliphatic heterocycles. The average Bonchev–Trinajstić information content (AvgIpc) is 2.47. The Morgan fingerprint density at radius 1 is 1.38 bits per heavy atom. The highest BCUT2D eigenvalue weighted by atomic mass is 32.2. The average molecular weight is 312 g/mol. The fourth-order valence-corrected chi connectivity index (χ4v) is 3.77. The highest BCUT2D eigenvalue weighted by Crippen LogP contribution is 2.18. The van der Waals surface area contributed by atoms with Gasteiger partial charge >= 0.3 is 5.97 Å². The number of benzene rings is 1. The van der Waals surface area contributed by atoms with Crippen LogP contribution in [0.15, 0.2) is 29.2 Å². The second-order valence-electron chi connectivity index (χ2n) is 4.96. The number of rotatable bonds is 4. The van der Waals surface area contributed by atoms with Gasteiger partial charge in [-0.1, -0.05) is 0 Å². The van der Waals surface area contributed by atoms with Crippen molar-refractivity contribution in [2.45, 2.75) is 24.8 Å². The molecule has 116 valence electrons. The summed E-state index contributed by atoms with van der Waals surface area (Å²) in [6.07, 6.45) is 0. The van der Waals surface area contributed by atoms with Crippen molar-refractivity contribution in [3.63, 3.8) is 0 Å². The van der Waals surface area contributed by atoms with E-state index in [9.17, 15) is 13.2 Å². The standard InChI is InChI=1S/C14H20N2O4S/c1-3-20-14(17)12-4-6-13(7-5-12)21(18,19)16-9-8-15-11(2)10-16/h4-7,11,15H,3,8-10H2,1-2H3/t11-/m1/s1. The second-order valence-corrected chi connectivity index (χ2v) is 6.90. The van der Waals surface area contributed by atoms with Gasteiger partial charge in [0.25, 0.3) is 0 Å². The van der Waals surface area contributed by atoms with Crippen LogP contribution in [0.1, 0.15) is 24.2 Å². The van der Waals surface area contributed by atoms with Crippen molar-refractivity contribution in [2.75, 3.05) is 26.2 Å². The minimum absolute atomic E-state index is 0.132. The Labute approximate surface area is 125 Å². The van der Waals surface area contributed by atoms with E-state index in [4.69, 9.17) is 4.74 Å². The van der Waals surface area contributed by atoms with Crippen LogP contribution in [-0.4, -0.2) is 51.0 Å². The Kier molecular flexibility index (Phi) is 4.97. The Morgan fingerprint density at radius 2 is 2.05 bits per heavy atom. The molecule has 6 nitrogen and oxygen atoms in total. The van der Waals surface area contributed by atoms with Gasteiger partial charge in [-0.2, -0.15) is 4.31 Å². The van der Waals surface area contributed by atoms with Crippen molar-refractivity contribution in [1.82, 2.24) is 9.62 Å². The molecule has 1 aliphatic rings. The molecule has 0 radical (unpaired) electrons. The van der Waals surface area contributed by atoms with Crippen molar-refractivity contribution < 1.29 is 17.9 Å². The third-order valence-corrected chi connectivity index (χ3v) is 5.21. The molecule has 0 spiro atoms. The number of carbonyl (C=O) groups excluding carboxylic acids is 1. The number of ether oxygens (including phenoxy) is 1. The van der Waals surface area contributed by atoms with Gasteiger partial charge in [0.1, 0.15) is 0 Å². The van der Waals surface area contributed by atoms with E-state index in [1.54, 1.807) is 6.92 Å². The molecule has 1 aromatic carbocycles. The Balaban J connectivity index is 2.19. The molecule has 2 rings (SSSR count). The Bertz CT molecular complexity index is 598. The smallest absolute Gasteiger partial charge is 0.338 e. The predicted octanol–water partition coefficient (Wildman–Crippen LogP) is 0.846. The van der Waals surface area contributed by atoms with Gasteiger partial charge in [-0.3, -0.25) is 0 Å². The van der Waals surface area contributed by atoms with Crippen LogP contribution < -0.4 is 5.32 Å². The molecule has 1 heterocycles. The molecular formula is C14H20N2O4S. The van der Waals surface area contributed by atoms with Crippen molar-refractivity contribution >= 4 is 16.0 Å². The first-order chi connectivity index (χ1) is 9.95. The zero-order valence-corrected chi connectivity index (χ0v) is 13.0. The molecule has 7 heteroatoms. The van der Waals surface area contributed by atoms with E-state index in [0.29, 0.717) is 25.2 Å². The number of hydrogen-bond acceptors (Lipinski definition) is 5. The first-order valence-corrected chi connectivity index (χ1v) is 8.40. The summed E-state index contributed by atoms with van der Waals surface area (Å²) in [7, 11) is -3.51. The molecule has 1 atom stereocenters. The van der Waals surface area contributed by atoms with Gasteiger partial charge in [0.2, 0.25) is 10.0 Å². The van der Waals surface area contributed by atoms with Crippen molar-refractivity contribution in [3.05, 3.63) is 29.8 Å². The number of sulfonamides is 1. The molecule has 0 aromatic heterocycles. The topological polar surface area (TPSA) is 75.7 Å². The van der Waals surface area contributed by atoms with Crippen molar-refractivity contribution in [3.8, 4) is 0 Å². The maximum atomic E-state index is 12.5. The van der Waals surface area contributed by atoms with Crippen LogP contribution in [-0.2, 0) is 14.8 Å². The second kappa shape index (κ2) is 6.55. The molecule has 0 bridgehead atoms. The molecule has 21 heavy (non-hydrogen) atoms. The summed E-state index contributed by atoms with van der Waals surface area (Å²) < 4.78 is 31.4. The maximum Gasteiger partial charge on any atom is 0.338 e. The molecule has 1 aromatic rings. The van der Waals surface area contributed by atoms with E-state index in [-0.39, 0.29) is 17.5 Å². The van der Waals surface area contributed by atoms with Gasteiger partial charge < -0.3 is 10.1 Å². The largest absolute Gasteiger partial charge is 0.462 e. The van der Waals surface area contributed by atoms with Gasteiger partial charge in [0, 0.05) is 25.7 Å². The molecule has 1 saturated heterocycles. The third kappa shape index (κ3) is 3.61. The van der Waals surface area contributed by atoms with Crippen LogP contribution in [0.25, 0.3) is 0 Å². The van der Waals surface area contributed by atoms with E-state index in [2.05, 4.69) is 5.32 Å². The number of hydrogen-bond donors (Lipinski definition) is 1. The molecule has 0 amide bonds. The fraction of sp³-hybridized carbons (Fsp3) is 0.500. The number of piperazine rings is 1. The summed E-state index contributed by atoms with van der Waals surface area (Å²) >= 11 is 0. The number of esters is 1. The van der Waals surface area contributed by atoms with E-state index >= 15 is 0 Å². The number of nitrogens with one attached hydrogen (secondary N) is 1. The van der Waals surface area contributed by atoms with E-state index in [0.717, 1.165) is 0 Å². The van der Waals surface area contributed by atoms with Crippen LogP contribution >= 0.6 is 0 Å². The lowest BCUT2D eigenvalue weighted by molar-refractivity contribution is 0.0526. The van der Waals surface area contributed by atoms with E-state index < -0.39 is 16.0 Å². The summed E-state index contributed by atoms with van der Waals surface area (Å²) in [5.41, 5.74) is 0.351. The van der Waals surface area contributed by atoms with E-state index in [1.165, 1.54) is 28.6 Å². The summed E-state index contributed by atoms with van der Waals surface area (Å²) in [6.45, 7) is 5.50. The van der Waals surface area contributed by atoms with Crippen LogP contribution in [0.4, 0.5) is 0 Å². The summed E-state index contributed by atoms with van der Waals surface area (Å²) in [4.78, 5) is 11.8. The summed E-state index contributed by atoms with van der Waals surface area (Å²) in [5.74, 6) is -0.447. The highest BCUT2D eigenvalue weighted by Gasteiger charge is 2.28. The van der Waals surface area contributed by atoms with Gasteiger partial charge in [-0.05, 0) is 38.1 Å². The van der Waals surface area contributed by atoms with Crippen molar-refractivity contribution in [2.24, 2.45) is 0 Å². The van der Waals surface area contributed by atoms with Gasteiger partial charge in [0.15, 0.2) is 0 Å². The highest BCUT2D eigenvalue weighted by molar-refractivity contribution is 7.89. The lowest BCUT2D eigenvalue weighted by Crippen LogP contribution is -2.51. The Morgan fingerprint density at radius 3 is 2.62 bits per heavy atom. The molecule has 0 saturated carbocycles. The van der Waals surface area contributed by atoms with Gasteiger partial charge in [-0.25, -0.2) is 13.2 Å². The first kappa shape index (κ1) is 15.9. The molecule has 1 N–H and O–H groups in total. The minimum atomic E-state index is -3.51. The third-order valence-electron chi connectivity index (χ3n) is 3.33. The van der Waals surface area contributed by atoms with E-state index in [1.807, 2.05) is 6.92 Å². The zero-order valence-electron chi connectivity index (χ0n) is 12.2. The van der Waals surface area contributed by atoms with Gasteiger partial charge in [0.05, 0.1) is 17.1 Å².